The molecule has 0 aromatic heterocycles. The third kappa shape index (κ3) is 3.17. The van der Waals surface area contributed by atoms with E-state index in [1.807, 2.05) is 23.1 Å². The normalized spacial score (nSPS) is 21.0. The van der Waals surface area contributed by atoms with Crippen LogP contribution < -0.4 is 9.64 Å². The van der Waals surface area contributed by atoms with Crippen LogP contribution in [0.4, 0.5) is 18.9 Å². The van der Waals surface area contributed by atoms with E-state index >= 15 is 0 Å². The molecule has 2 aliphatic heterocycles. The fraction of sp³-hybridized carbons (Fsp3) is 0.350. The van der Waals surface area contributed by atoms with Gasteiger partial charge in [-0.3, -0.25) is 4.79 Å². The first kappa shape index (κ1) is 18.9. The highest BCUT2D eigenvalue weighted by molar-refractivity contribution is 6.31. The molecule has 0 N–H and O–H groups in total. The second kappa shape index (κ2) is 6.88. The maximum atomic E-state index is 13.1. The molecule has 148 valence electrons. The Bertz CT molecular complexity index is 919. The zero-order valence-corrected chi connectivity index (χ0v) is 15.8. The van der Waals surface area contributed by atoms with Gasteiger partial charge in [-0.05, 0) is 37.1 Å². The number of hydrogen-bond acceptors (Lipinski definition) is 3. The Morgan fingerprint density at radius 2 is 1.96 bits per heavy atom. The highest BCUT2D eigenvalue weighted by Gasteiger charge is 2.47. The molecule has 1 saturated heterocycles. The minimum absolute atomic E-state index is 0.462. The van der Waals surface area contributed by atoms with Crippen molar-refractivity contribution < 1.29 is 22.7 Å². The lowest BCUT2D eigenvalue weighted by atomic mass is 9.88. The van der Waals surface area contributed by atoms with E-state index in [-0.39, 0.29) is 0 Å². The van der Waals surface area contributed by atoms with Gasteiger partial charge in [-0.15, -0.1) is 0 Å². The molecular formula is C20H18ClF3N2O2. The first-order valence-corrected chi connectivity index (χ1v) is 9.32. The van der Waals surface area contributed by atoms with Crippen molar-refractivity contribution in [2.75, 3.05) is 18.5 Å². The van der Waals surface area contributed by atoms with Crippen molar-refractivity contribution in [2.24, 2.45) is 0 Å². The summed E-state index contributed by atoms with van der Waals surface area (Å²) in [5, 5.41) is 0.508. The SMILES string of the molecule is CN(C(=O)C(F)(F)F)[C@@H]1CCCN2c3cc(Cl)ccc3Oc3ccccc3[C@H]12. The van der Waals surface area contributed by atoms with Crippen LogP contribution in [0.15, 0.2) is 42.5 Å². The van der Waals surface area contributed by atoms with Gasteiger partial charge in [0.15, 0.2) is 5.75 Å². The van der Waals surface area contributed by atoms with Gasteiger partial charge in [-0.25, -0.2) is 0 Å². The van der Waals surface area contributed by atoms with Crippen molar-refractivity contribution in [1.82, 2.24) is 4.90 Å². The number of piperidine rings is 1. The number of amides is 1. The second-order valence-corrected chi connectivity index (χ2v) is 7.45. The molecule has 8 heteroatoms. The molecule has 0 spiro atoms. The molecule has 4 nitrogen and oxygen atoms in total. The van der Waals surface area contributed by atoms with Crippen molar-refractivity contribution >= 4 is 23.2 Å². The molecule has 2 atom stereocenters. The van der Waals surface area contributed by atoms with Gasteiger partial charge in [0.05, 0.1) is 17.8 Å². The van der Waals surface area contributed by atoms with Crippen LogP contribution in [0.3, 0.4) is 0 Å². The molecular weight excluding hydrogens is 393 g/mol. The summed E-state index contributed by atoms with van der Waals surface area (Å²) in [5.74, 6) is -0.684. The summed E-state index contributed by atoms with van der Waals surface area (Å²) in [6.07, 6.45) is -3.81. The molecule has 4 rings (SSSR count). The van der Waals surface area contributed by atoms with Crippen LogP contribution in [0.5, 0.6) is 11.5 Å². The van der Waals surface area contributed by atoms with E-state index in [1.54, 1.807) is 24.3 Å². The monoisotopic (exact) mass is 410 g/mol. The van der Waals surface area contributed by atoms with E-state index < -0.39 is 24.2 Å². The molecule has 0 bridgehead atoms. The number of rotatable bonds is 1. The average Bonchev–Trinajstić information content (AvgIpc) is 2.80. The highest BCUT2D eigenvalue weighted by Crippen LogP contribution is 2.49. The number of carbonyl (C=O) groups excluding carboxylic acids is 1. The summed E-state index contributed by atoms with van der Waals surface area (Å²) in [5.41, 5.74) is 1.47. The van der Waals surface area contributed by atoms with Crippen LogP contribution in [-0.2, 0) is 4.79 Å². The predicted octanol–water partition coefficient (Wildman–Crippen LogP) is 5.18. The minimum Gasteiger partial charge on any atom is -0.455 e. The molecule has 2 aliphatic rings. The van der Waals surface area contributed by atoms with Crippen LogP contribution in [-0.4, -0.2) is 36.6 Å². The Labute approximate surface area is 165 Å². The quantitative estimate of drug-likeness (QED) is 0.649. The van der Waals surface area contributed by atoms with Crippen molar-refractivity contribution in [3.63, 3.8) is 0 Å². The van der Waals surface area contributed by atoms with Crippen molar-refractivity contribution in [3.05, 3.63) is 53.1 Å². The second-order valence-electron chi connectivity index (χ2n) is 7.01. The lowest BCUT2D eigenvalue weighted by Crippen LogP contribution is -2.53. The maximum absolute atomic E-state index is 13.1. The Kier molecular flexibility index (Phi) is 4.65. The highest BCUT2D eigenvalue weighted by atomic mass is 35.5. The van der Waals surface area contributed by atoms with Crippen LogP contribution in [0, 0.1) is 0 Å². The fourth-order valence-corrected chi connectivity index (χ4v) is 4.28. The molecule has 0 radical (unpaired) electrons. The number of ether oxygens (including phenoxy) is 1. The van der Waals surface area contributed by atoms with Crippen LogP contribution in [0.25, 0.3) is 0 Å². The number of likely N-dealkylation sites (N-methyl/N-ethyl adjacent to an activating group) is 1. The van der Waals surface area contributed by atoms with Gasteiger partial charge < -0.3 is 14.5 Å². The summed E-state index contributed by atoms with van der Waals surface area (Å²) in [6, 6.07) is 11.4. The Balaban J connectivity index is 1.85. The summed E-state index contributed by atoms with van der Waals surface area (Å²) in [4.78, 5) is 14.8. The summed E-state index contributed by atoms with van der Waals surface area (Å²) in [7, 11) is 1.22. The smallest absolute Gasteiger partial charge is 0.455 e. The van der Waals surface area contributed by atoms with E-state index in [9.17, 15) is 18.0 Å². The Morgan fingerprint density at radius 1 is 1.21 bits per heavy atom. The average molecular weight is 411 g/mol. The van der Waals surface area contributed by atoms with Gasteiger partial charge in [0, 0.05) is 24.2 Å². The van der Waals surface area contributed by atoms with Gasteiger partial charge in [0.2, 0.25) is 0 Å². The molecule has 0 unspecified atom stereocenters. The molecule has 0 aliphatic carbocycles. The van der Waals surface area contributed by atoms with Crippen LogP contribution >= 0.6 is 11.6 Å². The number of nitrogens with zero attached hydrogens (tertiary/aromatic N) is 2. The van der Waals surface area contributed by atoms with Crippen molar-refractivity contribution in [3.8, 4) is 11.5 Å². The number of halogens is 4. The predicted molar refractivity (Wildman–Crippen MR) is 99.9 cm³/mol. The summed E-state index contributed by atoms with van der Waals surface area (Å²) < 4.78 is 45.4. The Morgan fingerprint density at radius 3 is 2.71 bits per heavy atom. The van der Waals surface area contributed by atoms with Crippen molar-refractivity contribution in [1.29, 1.82) is 0 Å². The van der Waals surface area contributed by atoms with Gasteiger partial charge in [0.1, 0.15) is 5.75 Å². The topological polar surface area (TPSA) is 32.8 Å². The number of carbonyl (C=O) groups is 1. The third-order valence-electron chi connectivity index (χ3n) is 5.35. The third-order valence-corrected chi connectivity index (χ3v) is 5.58. The summed E-state index contributed by atoms with van der Waals surface area (Å²) in [6.45, 7) is 0.625. The lowest BCUT2D eigenvalue weighted by molar-refractivity contribution is -0.187. The molecule has 0 saturated carbocycles. The molecule has 28 heavy (non-hydrogen) atoms. The van der Waals surface area contributed by atoms with Crippen molar-refractivity contribution in [2.45, 2.75) is 31.1 Å². The van der Waals surface area contributed by atoms with E-state index in [0.717, 1.165) is 10.5 Å². The molecule has 2 aromatic rings. The first-order valence-electron chi connectivity index (χ1n) is 8.94. The minimum atomic E-state index is -4.92. The number of hydrogen-bond donors (Lipinski definition) is 0. The van der Waals surface area contributed by atoms with E-state index in [1.165, 1.54) is 7.05 Å². The van der Waals surface area contributed by atoms with Gasteiger partial charge in [0.25, 0.3) is 0 Å². The largest absolute Gasteiger partial charge is 0.471 e. The van der Waals surface area contributed by atoms with E-state index in [4.69, 9.17) is 16.3 Å². The Hall–Kier alpha value is -2.41. The van der Waals surface area contributed by atoms with Gasteiger partial charge >= 0.3 is 12.1 Å². The number of anilines is 1. The van der Waals surface area contributed by atoms with E-state index in [2.05, 4.69) is 0 Å². The molecule has 2 heterocycles. The number of benzene rings is 2. The number of para-hydroxylation sites is 1. The summed E-state index contributed by atoms with van der Waals surface area (Å²) >= 11 is 6.19. The van der Waals surface area contributed by atoms with Gasteiger partial charge in [-0.1, -0.05) is 29.8 Å². The first-order chi connectivity index (χ1) is 13.3. The lowest BCUT2D eigenvalue weighted by Gasteiger charge is -2.45. The molecule has 2 aromatic carbocycles. The number of alkyl halides is 3. The molecule has 1 amide bonds. The van der Waals surface area contributed by atoms with E-state index in [0.29, 0.717) is 41.6 Å². The van der Waals surface area contributed by atoms with Crippen LogP contribution in [0.2, 0.25) is 5.02 Å². The van der Waals surface area contributed by atoms with Crippen LogP contribution in [0.1, 0.15) is 24.4 Å². The zero-order chi connectivity index (χ0) is 20.1. The zero-order valence-electron chi connectivity index (χ0n) is 15.0. The standard InChI is InChI=1S/C20H18ClF3N2O2/c1-25(19(27)20(22,23)24)14-6-4-10-26-15-11-12(21)8-9-17(15)28-16-7-3-2-5-13(16)18(14)26/h2-3,5,7-9,11,14,18H,4,6,10H2,1H3/t14-,18-/m1/s1. The number of fused-ring (bicyclic) bond motifs is 5. The molecule has 1 fully saturated rings. The maximum Gasteiger partial charge on any atom is 0.471 e. The van der Waals surface area contributed by atoms with Gasteiger partial charge in [-0.2, -0.15) is 13.2 Å². The fourth-order valence-electron chi connectivity index (χ4n) is 4.11.